The van der Waals surface area contributed by atoms with Gasteiger partial charge in [-0.2, -0.15) is 0 Å². The lowest BCUT2D eigenvalue weighted by Crippen LogP contribution is -2.41. The number of rotatable bonds is 8. The fourth-order valence-electron chi connectivity index (χ4n) is 2.45. The van der Waals surface area contributed by atoms with E-state index in [4.69, 9.17) is 9.47 Å². The smallest absolute Gasteiger partial charge is 0.0543 e. The minimum absolute atomic E-state index is 0.366. The van der Waals surface area contributed by atoms with Crippen molar-refractivity contribution in [3.05, 3.63) is 0 Å². The molecule has 1 aliphatic rings. The molecule has 0 aromatic carbocycles. The van der Waals surface area contributed by atoms with Crippen LogP contribution < -0.4 is 5.32 Å². The number of ether oxygens (including phenoxy) is 2. The second-order valence-corrected chi connectivity index (χ2v) is 5.16. The van der Waals surface area contributed by atoms with Crippen molar-refractivity contribution in [3.63, 3.8) is 0 Å². The van der Waals surface area contributed by atoms with Gasteiger partial charge in [-0.15, -0.1) is 0 Å². The molecular weight excluding hydrogens is 214 g/mol. The summed E-state index contributed by atoms with van der Waals surface area (Å²) in [7, 11) is 1.79. The van der Waals surface area contributed by atoms with Crippen LogP contribution in [0.4, 0.5) is 0 Å². The van der Waals surface area contributed by atoms with E-state index in [1.54, 1.807) is 7.11 Å². The summed E-state index contributed by atoms with van der Waals surface area (Å²) in [6.45, 7) is 7.37. The molecule has 1 fully saturated rings. The van der Waals surface area contributed by atoms with Gasteiger partial charge in [0.25, 0.3) is 0 Å². The highest BCUT2D eigenvalue weighted by Gasteiger charge is 2.23. The second-order valence-electron chi connectivity index (χ2n) is 5.16. The van der Waals surface area contributed by atoms with Crippen LogP contribution in [0.3, 0.4) is 0 Å². The van der Waals surface area contributed by atoms with Crippen LogP contribution in [0.1, 0.15) is 46.0 Å². The third kappa shape index (κ3) is 5.84. The Bertz CT molecular complexity index is 181. The minimum atomic E-state index is 0.366. The molecule has 17 heavy (non-hydrogen) atoms. The molecule has 1 rings (SSSR count). The first-order valence-corrected chi connectivity index (χ1v) is 7.11. The SMILES string of the molecule is CCCNC(CCC(C)OC)C1CCCOC1. The van der Waals surface area contributed by atoms with Gasteiger partial charge in [-0.1, -0.05) is 6.92 Å². The molecule has 3 atom stereocenters. The summed E-state index contributed by atoms with van der Waals surface area (Å²) in [5.74, 6) is 0.694. The molecule has 0 amide bonds. The van der Waals surface area contributed by atoms with Crippen LogP contribution in [0.15, 0.2) is 0 Å². The van der Waals surface area contributed by atoms with E-state index in [1.807, 2.05) is 0 Å². The van der Waals surface area contributed by atoms with Gasteiger partial charge in [0.2, 0.25) is 0 Å². The lowest BCUT2D eigenvalue weighted by atomic mass is 9.90. The van der Waals surface area contributed by atoms with Crippen molar-refractivity contribution in [2.45, 2.75) is 58.1 Å². The van der Waals surface area contributed by atoms with E-state index >= 15 is 0 Å². The Morgan fingerprint density at radius 2 is 2.24 bits per heavy atom. The predicted octanol–water partition coefficient (Wildman–Crippen LogP) is 2.60. The first-order chi connectivity index (χ1) is 8.27. The molecule has 1 aliphatic heterocycles. The predicted molar refractivity (Wildman–Crippen MR) is 71.3 cm³/mol. The summed E-state index contributed by atoms with van der Waals surface area (Å²) >= 11 is 0. The van der Waals surface area contributed by atoms with Gasteiger partial charge in [0.15, 0.2) is 0 Å². The molecule has 3 nitrogen and oxygen atoms in total. The zero-order valence-corrected chi connectivity index (χ0v) is 11.7. The molecule has 0 radical (unpaired) electrons. The third-order valence-electron chi connectivity index (χ3n) is 3.71. The topological polar surface area (TPSA) is 30.5 Å². The van der Waals surface area contributed by atoms with Gasteiger partial charge in [0.05, 0.1) is 12.7 Å². The molecule has 0 bridgehead atoms. The van der Waals surface area contributed by atoms with E-state index in [0.717, 1.165) is 26.2 Å². The van der Waals surface area contributed by atoms with Crippen molar-refractivity contribution >= 4 is 0 Å². The van der Waals surface area contributed by atoms with E-state index < -0.39 is 0 Å². The van der Waals surface area contributed by atoms with Gasteiger partial charge in [-0.3, -0.25) is 0 Å². The van der Waals surface area contributed by atoms with Crippen LogP contribution in [-0.4, -0.2) is 39.0 Å². The van der Waals surface area contributed by atoms with Crippen molar-refractivity contribution in [1.29, 1.82) is 0 Å². The molecule has 3 heteroatoms. The van der Waals surface area contributed by atoms with Gasteiger partial charge in [0.1, 0.15) is 0 Å². The van der Waals surface area contributed by atoms with Gasteiger partial charge in [-0.25, -0.2) is 0 Å². The Hall–Kier alpha value is -0.120. The summed E-state index contributed by atoms with van der Waals surface area (Å²) in [6, 6.07) is 0.604. The molecule has 1 heterocycles. The van der Waals surface area contributed by atoms with E-state index in [9.17, 15) is 0 Å². The zero-order valence-electron chi connectivity index (χ0n) is 11.7. The Kier molecular flexibility index (Phi) is 7.82. The monoisotopic (exact) mass is 243 g/mol. The maximum atomic E-state index is 5.60. The van der Waals surface area contributed by atoms with E-state index in [2.05, 4.69) is 19.2 Å². The normalized spacial score (nSPS) is 24.5. The molecule has 3 unspecified atom stereocenters. The lowest BCUT2D eigenvalue weighted by Gasteiger charge is -2.31. The molecular formula is C14H29NO2. The number of hydrogen-bond acceptors (Lipinski definition) is 3. The first-order valence-electron chi connectivity index (χ1n) is 7.11. The van der Waals surface area contributed by atoms with Crippen molar-refractivity contribution in [2.75, 3.05) is 26.9 Å². The molecule has 1 saturated heterocycles. The molecule has 1 N–H and O–H groups in total. The molecule has 0 aromatic rings. The summed E-state index contributed by atoms with van der Waals surface area (Å²) in [5, 5.41) is 3.68. The van der Waals surface area contributed by atoms with E-state index in [1.165, 1.54) is 25.7 Å². The fraction of sp³-hybridized carbons (Fsp3) is 1.00. The van der Waals surface area contributed by atoms with Crippen molar-refractivity contribution in [2.24, 2.45) is 5.92 Å². The summed E-state index contributed by atoms with van der Waals surface area (Å²) < 4.78 is 10.9. The van der Waals surface area contributed by atoms with Crippen LogP contribution in [0.25, 0.3) is 0 Å². The number of methoxy groups -OCH3 is 1. The molecule has 0 saturated carbocycles. The minimum Gasteiger partial charge on any atom is -0.382 e. The average Bonchev–Trinajstić information content (AvgIpc) is 2.39. The third-order valence-corrected chi connectivity index (χ3v) is 3.71. The van der Waals surface area contributed by atoms with Gasteiger partial charge in [0, 0.05) is 19.8 Å². The maximum absolute atomic E-state index is 5.60. The Morgan fingerprint density at radius 3 is 2.82 bits per heavy atom. The zero-order chi connectivity index (χ0) is 12.5. The van der Waals surface area contributed by atoms with Crippen LogP contribution >= 0.6 is 0 Å². The van der Waals surface area contributed by atoms with Crippen molar-refractivity contribution in [3.8, 4) is 0 Å². The van der Waals surface area contributed by atoms with Crippen molar-refractivity contribution < 1.29 is 9.47 Å². The highest BCUT2D eigenvalue weighted by atomic mass is 16.5. The fourth-order valence-corrected chi connectivity index (χ4v) is 2.45. The standard InChI is InChI=1S/C14H29NO2/c1-4-9-15-14(8-7-12(2)16-3)13-6-5-10-17-11-13/h12-15H,4-11H2,1-3H3. The number of hydrogen-bond donors (Lipinski definition) is 1. The van der Waals surface area contributed by atoms with E-state index in [-0.39, 0.29) is 0 Å². The van der Waals surface area contributed by atoms with Crippen LogP contribution in [0.2, 0.25) is 0 Å². The largest absolute Gasteiger partial charge is 0.382 e. The second kappa shape index (κ2) is 8.90. The average molecular weight is 243 g/mol. The molecule has 0 spiro atoms. The van der Waals surface area contributed by atoms with E-state index in [0.29, 0.717) is 18.1 Å². The molecule has 102 valence electrons. The lowest BCUT2D eigenvalue weighted by molar-refractivity contribution is 0.0334. The van der Waals surface area contributed by atoms with Crippen LogP contribution in [0.5, 0.6) is 0 Å². The molecule has 0 aromatic heterocycles. The summed E-state index contributed by atoms with van der Waals surface area (Å²) in [6.07, 6.45) is 6.42. The van der Waals surface area contributed by atoms with Gasteiger partial charge < -0.3 is 14.8 Å². The first kappa shape index (κ1) is 14.9. The van der Waals surface area contributed by atoms with Crippen molar-refractivity contribution in [1.82, 2.24) is 5.32 Å². The number of nitrogens with one attached hydrogen (secondary N) is 1. The Morgan fingerprint density at radius 1 is 1.41 bits per heavy atom. The summed E-state index contributed by atoms with van der Waals surface area (Å²) in [5.41, 5.74) is 0. The Balaban J connectivity index is 2.35. The molecule has 0 aliphatic carbocycles. The Labute approximate surface area is 106 Å². The highest BCUT2D eigenvalue weighted by Crippen LogP contribution is 2.21. The summed E-state index contributed by atoms with van der Waals surface area (Å²) in [4.78, 5) is 0. The van der Waals surface area contributed by atoms with Crippen LogP contribution in [0, 0.1) is 5.92 Å². The quantitative estimate of drug-likeness (QED) is 0.711. The van der Waals surface area contributed by atoms with Crippen LogP contribution in [-0.2, 0) is 9.47 Å². The van der Waals surface area contributed by atoms with Gasteiger partial charge in [-0.05, 0) is 51.5 Å². The van der Waals surface area contributed by atoms with Gasteiger partial charge >= 0.3 is 0 Å². The highest BCUT2D eigenvalue weighted by molar-refractivity contribution is 4.79. The maximum Gasteiger partial charge on any atom is 0.0543 e.